The van der Waals surface area contributed by atoms with Crippen molar-refractivity contribution in [3.63, 3.8) is 0 Å². The molecule has 2 N–H and O–H groups in total. The summed E-state index contributed by atoms with van der Waals surface area (Å²) in [6.07, 6.45) is 2.29. The number of likely N-dealkylation sites (tertiary alicyclic amines) is 1. The van der Waals surface area contributed by atoms with E-state index in [2.05, 4.69) is 15.5 Å². The van der Waals surface area contributed by atoms with Gasteiger partial charge in [0.25, 0.3) is 0 Å². The van der Waals surface area contributed by atoms with E-state index in [4.69, 9.17) is 18.9 Å². The molecule has 1 aromatic carbocycles. The number of piperidine rings is 1. The molecule has 0 aliphatic carbocycles. The van der Waals surface area contributed by atoms with Crippen molar-refractivity contribution in [2.75, 3.05) is 66.5 Å². The lowest BCUT2D eigenvalue weighted by Gasteiger charge is -2.30. The Hall–Kier alpha value is -2.52. The van der Waals surface area contributed by atoms with Crippen LogP contribution in [-0.2, 0) is 14.3 Å². The molecule has 1 fully saturated rings. The Bertz CT molecular complexity index is 679. The first-order chi connectivity index (χ1) is 14.5. The SMILES string of the molecule is COCCCNC(=O)C1CCN(CC(=O)Nc2cc(OC)c(OC)c(OC)c2)CC1. The molecule has 0 unspecified atom stereocenters. The first-order valence-corrected chi connectivity index (χ1v) is 10.1. The van der Waals surface area contributed by atoms with E-state index in [0.717, 1.165) is 19.3 Å². The second-order valence-electron chi connectivity index (χ2n) is 7.15. The second kappa shape index (κ2) is 12.2. The highest BCUT2D eigenvalue weighted by Gasteiger charge is 2.26. The minimum absolute atomic E-state index is 0.00182. The van der Waals surface area contributed by atoms with Crippen LogP contribution in [0.15, 0.2) is 12.1 Å². The van der Waals surface area contributed by atoms with Gasteiger partial charge in [-0.05, 0) is 32.4 Å². The number of methoxy groups -OCH3 is 4. The number of amides is 2. The molecule has 0 saturated carbocycles. The Kier molecular flexibility index (Phi) is 9.69. The molecule has 1 aromatic rings. The van der Waals surface area contributed by atoms with E-state index in [1.54, 1.807) is 19.2 Å². The Morgan fingerprint density at radius 3 is 2.20 bits per heavy atom. The van der Waals surface area contributed by atoms with Crippen LogP contribution >= 0.6 is 0 Å². The van der Waals surface area contributed by atoms with Gasteiger partial charge in [-0.3, -0.25) is 14.5 Å². The van der Waals surface area contributed by atoms with E-state index in [1.807, 2.05) is 0 Å². The van der Waals surface area contributed by atoms with E-state index in [0.29, 0.717) is 49.2 Å². The van der Waals surface area contributed by atoms with Crippen LogP contribution in [-0.4, -0.2) is 77.9 Å². The molecule has 1 saturated heterocycles. The molecule has 0 spiro atoms. The molecule has 0 bridgehead atoms. The molecule has 30 heavy (non-hydrogen) atoms. The van der Waals surface area contributed by atoms with E-state index < -0.39 is 0 Å². The number of rotatable bonds is 11. The summed E-state index contributed by atoms with van der Waals surface area (Å²) in [5, 5.41) is 5.83. The normalized spacial score (nSPS) is 14.8. The van der Waals surface area contributed by atoms with Crippen molar-refractivity contribution in [1.82, 2.24) is 10.2 Å². The third-order valence-corrected chi connectivity index (χ3v) is 5.10. The standard InChI is InChI=1S/C21H33N3O6/c1-27-11-5-8-22-21(26)15-6-9-24(10-7-15)14-19(25)23-16-12-17(28-2)20(30-4)18(13-16)29-3/h12-13,15H,5-11,14H2,1-4H3,(H,22,26)(H,23,25). The fourth-order valence-corrected chi connectivity index (χ4v) is 3.48. The zero-order chi connectivity index (χ0) is 21.9. The monoisotopic (exact) mass is 423 g/mol. The summed E-state index contributed by atoms with van der Waals surface area (Å²) in [5.74, 6) is 1.39. The highest BCUT2D eigenvalue weighted by Crippen LogP contribution is 2.39. The molecule has 1 heterocycles. The summed E-state index contributed by atoms with van der Waals surface area (Å²) in [6.45, 7) is 2.94. The highest BCUT2D eigenvalue weighted by atomic mass is 16.5. The number of hydrogen-bond donors (Lipinski definition) is 2. The van der Waals surface area contributed by atoms with Crippen molar-refractivity contribution < 1.29 is 28.5 Å². The first kappa shape index (κ1) is 23.8. The molecule has 0 radical (unpaired) electrons. The van der Waals surface area contributed by atoms with Gasteiger partial charge in [-0.1, -0.05) is 0 Å². The average molecular weight is 424 g/mol. The van der Waals surface area contributed by atoms with Gasteiger partial charge in [0.15, 0.2) is 11.5 Å². The maximum absolute atomic E-state index is 12.5. The Labute approximate surface area is 178 Å². The third-order valence-electron chi connectivity index (χ3n) is 5.10. The summed E-state index contributed by atoms with van der Waals surface area (Å²) < 4.78 is 20.9. The number of ether oxygens (including phenoxy) is 4. The number of carbonyl (C=O) groups is 2. The summed E-state index contributed by atoms with van der Waals surface area (Å²) in [4.78, 5) is 26.8. The van der Waals surface area contributed by atoms with Gasteiger partial charge in [-0.25, -0.2) is 0 Å². The van der Waals surface area contributed by atoms with Gasteiger partial charge in [0.1, 0.15) is 0 Å². The second-order valence-corrected chi connectivity index (χ2v) is 7.15. The Morgan fingerprint density at radius 1 is 1.03 bits per heavy atom. The molecule has 0 aromatic heterocycles. The fourth-order valence-electron chi connectivity index (χ4n) is 3.48. The Balaban J connectivity index is 1.82. The number of anilines is 1. The molecule has 9 nitrogen and oxygen atoms in total. The van der Waals surface area contributed by atoms with Gasteiger partial charge >= 0.3 is 0 Å². The van der Waals surface area contributed by atoms with Crippen LogP contribution < -0.4 is 24.8 Å². The number of hydrogen-bond acceptors (Lipinski definition) is 7. The molecule has 168 valence electrons. The van der Waals surface area contributed by atoms with E-state index in [1.165, 1.54) is 21.3 Å². The average Bonchev–Trinajstić information content (AvgIpc) is 2.76. The van der Waals surface area contributed by atoms with Gasteiger partial charge in [-0.2, -0.15) is 0 Å². The van der Waals surface area contributed by atoms with Crippen molar-refractivity contribution in [3.8, 4) is 17.2 Å². The van der Waals surface area contributed by atoms with Crippen molar-refractivity contribution in [2.24, 2.45) is 5.92 Å². The third kappa shape index (κ3) is 6.77. The predicted octanol–water partition coefficient (Wildman–Crippen LogP) is 1.52. The van der Waals surface area contributed by atoms with Crippen LogP contribution in [0, 0.1) is 5.92 Å². The van der Waals surface area contributed by atoms with Gasteiger partial charge in [-0.15, -0.1) is 0 Å². The molecule has 1 aliphatic heterocycles. The lowest BCUT2D eigenvalue weighted by atomic mass is 9.96. The van der Waals surface area contributed by atoms with Crippen LogP contribution in [0.4, 0.5) is 5.69 Å². The van der Waals surface area contributed by atoms with E-state index in [9.17, 15) is 9.59 Å². The van der Waals surface area contributed by atoms with E-state index in [-0.39, 0.29) is 24.3 Å². The summed E-state index contributed by atoms with van der Waals surface area (Å²) in [6, 6.07) is 3.39. The van der Waals surface area contributed by atoms with Crippen molar-refractivity contribution in [3.05, 3.63) is 12.1 Å². The molecule has 1 aliphatic rings. The number of benzene rings is 1. The van der Waals surface area contributed by atoms with Gasteiger partial charge in [0.2, 0.25) is 17.6 Å². The highest BCUT2D eigenvalue weighted by molar-refractivity contribution is 5.93. The minimum atomic E-state index is -0.133. The summed E-state index contributed by atoms with van der Waals surface area (Å²) in [7, 11) is 6.24. The lowest BCUT2D eigenvalue weighted by Crippen LogP contribution is -2.43. The minimum Gasteiger partial charge on any atom is -0.493 e. The van der Waals surface area contributed by atoms with Gasteiger partial charge in [0.05, 0.1) is 27.9 Å². The first-order valence-electron chi connectivity index (χ1n) is 10.1. The predicted molar refractivity (Wildman–Crippen MR) is 113 cm³/mol. The largest absolute Gasteiger partial charge is 0.493 e. The molecule has 9 heteroatoms. The molecule has 0 atom stereocenters. The Morgan fingerprint density at radius 2 is 1.67 bits per heavy atom. The maximum atomic E-state index is 12.5. The lowest BCUT2D eigenvalue weighted by molar-refractivity contribution is -0.126. The fraction of sp³-hybridized carbons (Fsp3) is 0.619. The quantitative estimate of drug-likeness (QED) is 0.521. The van der Waals surface area contributed by atoms with Crippen LogP contribution in [0.2, 0.25) is 0 Å². The van der Waals surface area contributed by atoms with Crippen molar-refractivity contribution >= 4 is 17.5 Å². The van der Waals surface area contributed by atoms with Crippen LogP contribution in [0.3, 0.4) is 0 Å². The summed E-state index contributed by atoms with van der Waals surface area (Å²) in [5.41, 5.74) is 0.569. The topological polar surface area (TPSA) is 98.4 Å². The van der Waals surface area contributed by atoms with Gasteiger partial charge in [0, 0.05) is 44.0 Å². The maximum Gasteiger partial charge on any atom is 0.238 e. The molecule has 2 rings (SSSR count). The molecule has 2 amide bonds. The van der Waals surface area contributed by atoms with Crippen LogP contribution in [0.25, 0.3) is 0 Å². The van der Waals surface area contributed by atoms with Crippen LogP contribution in [0.5, 0.6) is 17.2 Å². The van der Waals surface area contributed by atoms with Gasteiger partial charge < -0.3 is 29.6 Å². The van der Waals surface area contributed by atoms with Crippen LogP contribution in [0.1, 0.15) is 19.3 Å². The zero-order valence-corrected chi connectivity index (χ0v) is 18.3. The van der Waals surface area contributed by atoms with E-state index >= 15 is 0 Å². The number of nitrogens with zero attached hydrogens (tertiary/aromatic N) is 1. The number of nitrogens with one attached hydrogen (secondary N) is 2. The van der Waals surface area contributed by atoms with Crippen molar-refractivity contribution in [2.45, 2.75) is 19.3 Å². The smallest absolute Gasteiger partial charge is 0.238 e. The zero-order valence-electron chi connectivity index (χ0n) is 18.3. The van der Waals surface area contributed by atoms with Crippen molar-refractivity contribution in [1.29, 1.82) is 0 Å². The molecular weight excluding hydrogens is 390 g/mol. The summed E-state index contributed by atoms with van der Waals surface area (Å²) >= 11 is 0. The number of carbonyl (C=O) groups excluding carboxylic acids is 2. The molecular formula is C21H33N3O6.